The van der Waals surface area contributed by atoms with Crippen LogP contribution in [0.5, 0.6) is 0 Å². The van der Waals surface area contributed by atoms with Gasteiger partial charge in [-0.1, -0.05) is 17.7 Å². The van der Waals surface area contributed by atoms with Crippen LogP contribution in [-0.2, 0) is 0 Å². The van der Waals surface area contributed by atoms with E-state index in [-0.39, 0.29) is 0 Å². The SMILES string of the molecule is Cc1ccc(-n2nc(C3CC3)cc2N)c(C)c1. The molecule has 1 aliphatic rings. The summed E-state index contributed by atoms with van der Waals surface area (Å²) >= 11 is 0. The standard InChI is InChI=1S/C14H17N3/c1-9-3-6-13(10(2)7-9)17-14(15)8-12(16-17)11-4-5-11/h3,6-8,11H,4-5,15H2,1-2H3. The van der Waals surface area contributed by atoms with Crippen LogP contribution < -0.4 is 5.73 Å². The lowest BCUT2D eigenvalue weighted by atomic mass is 10.1. The molecular formula is C14H17N3. The number of anilines is 1. The largest absolute Gasteiger partial charge is 0.384 e. The van der Waals surface area contributed by atoms with E-state index in [4.69, 9.17) is 5.73 Å². The molecule has 0 unspecified atom stereocenters. The molecule has 0 radical (unpaired) electrons. The molecule has 0 atom stereocenters. The fourth-order valence-electron chi connectivity index (χ4n) is 2.23. The molecule has 1 aliphatic carbocycles. The molecule has 1 aromatic carbocycles. The second-order valence-electron chi connectivity index (χ2n) is 4.97. The Morgan fingerprint density at radius 1 is 1.24 bits per heavy atom. The van der Waals surface area contributed by atoms with Crippen LogP contribution in [0.25, 0.3) is 5.69 Å². The molecule has 0 amide bonds. The van der Waals surface area contributed by atoms with Crippen LogP contribution in [0.1, 0.15) is 35.6 Å². The van der Waals surface area contributed by atoms with Gasteiger partial charge in [0.05, 0.1) is 11.4 Å². The number of aryl methyl sites for hydroxylation is 2. The highest BCUT2D eigenvalue weighted by Crippen LogP contribution is 2.40. The number of hydrogen-bond donors (Lipinski definition) is 1. The average Bonchev–Trinajstić information content (AvgIpc) is 3.04. The van der Waals surface area contributed by atoms with Crippen molar-refractivity contribution >= 4 is 5.82 Å². The van der Waals surface area contributed by atoms with Gasteiger partial charge in [-0.25, -0.2) is 4.68 Å². The smallest absolute Gasteiger partial charge is 0.127 e. The minimum absolute atomic E-state index is 0.643. The van der Waals surface area contributed by atoms with E-state index in [1.54, 1.807) is 0 Å². The van der Waals surface area contributed by atoms with Crippen molar-refractivity contribution in [1.29, 1.82) is 0 Å². The zero-order chi connectivity index (χ0) is 12.0. The Bertz CT molecular complexity index is 565. The van der Waals surface area contributed by atoms with E-state index in [1.807, 2.05) is 10.7 Å². The monoisotopic (exact) mass is 227 g/mol. The molecule has 1 saturated carbocycles. The van der Waals surface area contributed by atoms with Crippen molar-refractivity contribution in [2.75, 3.05) is 5.73 Å². The van der Waals surface area contributed by atoms with E-state index in [1.165, 1.54) is 24.0 Å². The van der Waals surface area contributed by atoms with Gasteiger partial charge in [0.1, 0.15) is 5.82 Å². The Morgan fingerprint density at radius 3 is 2.65 bits per heavy atom. The molecule has 1 heterocycles. The number of nitrogen functional groups attached to an aromatic ring is 1. The summed E-state index contributed by atoms with van der Waals surface area (Å²) in [5.41, 5.74) is 10.7. The maximum Gasteiger partial charge on any atom is 0.127 e. The molecular weight excluding hydrogens is 210 g/mol. The van der Waals surface area contributed by atoms with E-state index in [9.17, 15) is 0 Å². The lowest BCUT2D eigenvalue weighted by Crippen LogP contribution is -2.04. The van der Waals surface area contributed by atoms with Crippen molar-refractivity contribution < 1.29 is 0 Å². The number of benzene rings is 1. The third-order valence-electron chi connectivity index (χ3n) is 3.33. The Labute approximate surface area is 101 Å². The average molecular weight is 227 g/mol. The topological polar surface area (TPSA) is 43.8 Å². The van der Waals surface area contributed by atoms with Crippen LogP contribution in [0.2, 0.25) is 0 Å². The Balaban J connectivity index is 2.07. The molecule has 1 aromatic heterocycles. The maximum absolute atomic E-state index is 6.05. The van der Waals surface area contributed by atoms with Crippen LogP contribution in [0, 0.1) is 13.8 Å². The molecule has 0 spiro atoms. The number of nitrogens with two attached hydrogens (primary N) is 1. The summed E-state index contributed by atoms with van der Waals surface area (Å²) in [6, 6.07) is 8.36. The van der Waals surface area contributed by atoms with Crippen molar-refractivity contribution in [2.24, 2.45) is 0 Å². The van der Waals surface area contributed by atoms with Crippen molar-refractivity contribution in [3.8, 4) is 5.69 Å². The summed E-state index contributed by atoms with van der Waals surface area (Å²) in [4.78, 5) is 0. The summed E-state index contributed by atoms with van der Waals surface area (Å²) in [7, 11) is 0. The van der Waals surface area contributed by atoms with Crippen molar-refractivity contribution in [2.45, 2.75) is 32.6 Å². The van der Waals surface area contributed by atoms with Gasteiger partial charge in [0.25, 0.3) is 0 Å². The Morgan fingerprint density at radius 2 is 2.00 bits per heavy atom. The van der Waals surface area contributed by atoms with E-state index in [2.05, 4.69) is 37.1 Å². The van der Waals surface area contributed by atoms with Gasteiger partial charge in [-0.05, 0) is 38.3 Å². The molecule has 1 fully saturated rings. The fraction of sp³-hybridized carbons (Fsp3) is 0.357. The first-order valence-corrected chi connectivity index (χ1v) is 6.08. The maximum atomic E-state index is 6.05. The highest BCUT2D eigenvalue weighted by Gasteiger charge is 2.27. The van der Waals surface area contributed by atoms with Gasteiger partial charge in [0.15, 0.2) is 0 Å². The molecule has 3 nitrogen and oxygen atoms in total. The molecule has 0 bridgehead atoms. The third-order valence-corrected chi connectivity index (χ3v) is 3.33. The van der Waals surface area contributed by atoms with Crippen LogP contribution in [0.3, 0.4) is 0 Å². The lowest BCUT2D eigenvalue weighted by Gasteiger charge is -2.08. The minimum atomic E-state index is 0.643. The first-order chi connectivity index (χ1) is 8.15. The molecule has 0 aliphatic heterocycles. The van der Waals surface area contributed by atoms with E-state index in [0.29, 0.717) is 5.92 Å². The highest BCUT2D eigenvalue weighted by atomic mass is 15.3. The van der Waals surface area contributed by atoms with Gasteiger partial charge in [-0.15, -0.1) is 0 Å². The molecule has 17 heavy (non-hydrogen) atoms. The fourth-order valence-corrected chi connectivity index (χ4v) is 2.23. The van der Waals surface area contributed by atoms with Crippen LogP contribution in [-0.4, -0.2) is 9.78 Å². The third kappa shape index (κ3) is 1.82. The second-order valence-corrected chi connectivity index (χ2v) is 4.97. The van der Waals surface area contributed by atoms with Crippen molar-refractivity contribution in [3.63, 3.8) is 0 Å². The summed E-state index contributed by atoms with van der Waals surface area (Å²) in [5, 5.41) is 4.62. The van der Waals surface area contributed by atoms with Crippen LogP contribution >= 0.6 is 0 Å². The number of aromatic nitrogens is 2. The predicted octanol–water partition coefficient (Wildman–Crippen LogP) is 2.95. The van der Waals surface area contributed by atoms with Crippen molar-refractivity contribution in [1.82, 2.24) is 9.78 Å². The zero-order valence-electron chi connectivity index (χ0n) is 10.3. The normalized spacial score (nSPS) is 15.2. The van der Waals surface area contributed by atoms with Gasteiger partial charge in [0, 0.05) is 12.0 Å². The van der Waals surface area contributed by atoms with Gasteiger partial charge in [0.2, 0.25) is 0 Å². The summed E-state index contributed by atoms with van der Waals surface area (Å²) < 4.78 is 1.86. The Kier molecular flexibility index (Phi) is 2.21. The first-order valence-electron chi connectivity index (χ1n) is 6.08. The number of hydrogen-bond acceptors (Lipinski definition) is 2. The van der Waals surface area contributed by atoms with E-state index >= 15 is 0 Å². The number of nitrogens with zero attached hydrogens (tertiary/aromatic N) is 2. The van der Waals surface area contributed by atoms with Crippen molar-refractivity contribution in [3.05, 3.63) is 41.1 Å². The van der Waals surface area contributed by atoms with E-state index in [0.717, 1.165) is 17.2 Å². The summed E-state index contributed by atoms with van der Waals surface area (Å²) in [5.74, 6) is 1.38. The highest BCUT2D eigenvalue weighted by molar-refractivity contribution is 5.49. The molecule has 3 heteroatoms. The molecule has 0 saturated heterocycles. The molecule has 2 N–H and O–H groups in total. The number of rotatable bonds is 2. The zero-order valence-corrected chi connectivity index (χ0v) is 10.3. The molecule has 3 rings (SSSR count). The van der Waals surface area contributed by atoms with Gasteiger partial charge < -0.3 is 5.73 Å². The summed E-state index contributed by atoms with van der Waals surface area (Å²) in [6.45, 7) is 4.19. The quantitative estimate of drug-likeness (QED) is 0.857. The predicted molar refractivity (Wildman–Crippen MR) is 69.4 cm³/mol. The second kappa shape index (κ2) is 3.62. The van der Waals surface area contributed by atoms with Crippen LogP contribution in [0.15, 0.2) is 24.3 Å². The molecule has 88 valence electrons. The first kappa shape index (κ1) is 10.4. The Hall–Kier alpha value is -1.77. The minimum Gasteiger partial charge on any atom is -0.384 e. The summed E-state index contributed by atoms with van der Waals surface area (Å²) in [6.07, 6.45) is 2.51. The lowest BCUT2D eigenvalue weighted by molar-refractivity contribution is 0.839. The van der Waals surface area contributed by atoms with Gasteiger partial charge in [-0.2, -0.15) is 5.10 Å². The van der Waals surface area contributed by atoms with E-state index < -0.39 is 0 Å². The van der Waals surface area contributed by atoms with Gasteiger partial charge in [-0.3, -0.25) is 0 Å². The van der Waals surface area contributed by atoms with Gasteiger partial charge >= 0.3 is 0 Å². The molecule has 2 aromatic rings. The van der Waals surface area contributed by atoms with Crippen LogP contribution in [0.4, 0.5) is 5.82 Å².